The summed E-state index contributed by atoms with van der Waals surface area (Å²) < 4.78 is 5.57. The standard InChI is InChI=1S/C16H24N2O2/c19-16(18-14-8-3-1-4-9-14)17-12-7-13-20-15-10-5-2-6-11-15/h2,5-6,10-11,14H,1,3-4,7-9,12-13H2,(H2,17,18,19). The van der Waals surface area contributed by atoms with E-state index in [0.29, 0.717) is 19.2 Å². The molecule has 110 valence electrons. The summed E-state index contributed by atoms with van der Waals surface area (Å²) in [5.74, 6) is 0.874. The second-order valence-electron chi connectivity index (χ2n) is 5.25. The van der Waals surface area contributed by atoms with E-state index in [9.17, 15) is 4.79 Å². The van der Waals surface area contributed by atoms with Crippen molar-refractivity contribution in [3.63, 3.8) is 0 Å². The second kappa shape index (κ2) is 8.46. The van der Waals surface area contributed by atoms with Crippen LogP contribution in [0, 0.1) is 0 Å². The van der Waals surface area contributed by atoms with E-state index in [4.69, 9.17) is 4.74 Å². The minimum absolute atomic E-state index is 0.0448. The van der Waals surface area contributed by atoms with Gasteiger partial charge in [-0.25, -0.2) is 4.79 Å². The number of ether oxygens (including phenoxy) is 1. The van der Waals surface area contributed by atoms with Gasteiger partial charge in [0.05, 0.1) is 6.61 Å². The molecule has 0 aliphatic heterocycles. The Balaban J connectivity index is 1.51. The summed E-state index contributed by atoms with van der Waals surface area (Å²) >= 11 is 0. The summed E-state index contributed by atoms with van der Waals surface area (Å²) in [7, 11) is 0. The van der Waals surface area contributed by atoms with E-state index in [-0.39, 0.29) is 6.03 Å². The van der Waals surface area contributed by atoms with E-state index in [1.165, 1.54) is 19.3 Å². The number of carbonyl (C=O) groups excluding carboxylic acids is 1. The Kier molecular flexibility index (Phi) is 6.21. The number of benzene rings is 1. The maximum absolute atomic E-state index is 11.7. The number of rotatable bonds is 6. The Morgan fingerprint density at radius 3 is 2.65 bits per heavy atom. The molecule has 0 bridgehead atoms. The molecule has 1 aromatic carbocycles. The lowest BCUT2D eigenvalue weighted by molar-refractivity contribution is 0.231. The van der Waals surface area contributed by atoms with E-state index in [0.717, 1.165) is 25.0 Å². The zero-order chi connectivity index (χ0) is 14.0. The zero-order valence-corrected chi connectivity index (χ0v) is 11.9. The molecule has 1 fully saturated rings. The van der Waals surface area contributed by atoms with Crippen LogP contribution < -0.4 is 15.4 Å². The minimum Gasteiger partial charge on any atom is -0.494 e. The molecule has 1 saturated carbocycles. The maximum Gasteiger partial charge on any atom is 0.315 e. The summed E-state index contributed by atoms with van der Waals surface area (Å²) in [5, 5.41) is 5.92. The van der Waals surface area contributed by atoms with Crippen LogP contribution in [0.3, 0.4) is 0 Å². The van der Waals surface area contributed by atoms with Gasteiger partial charge in [-0.3, -0.25) is 0 Å². The second-order valence-corrected chi connectivity index (χ2v) is 5.25. The molecule has 1 aliphatic carbocycles. The molecule has 1 aliphatic rings. The summed E-state index contributed by atoms with van der Waals surface area (Å²) in [4.78, 5) is 11.7. The van der Waals surface area contributed by atoms with Crippen LogP contribution in [0.1, 0.15) is 38.5 Å². The first-order valence-corrected chi connectivity index (χ1v) is 7.57. The number of hydrogen-bond donors (Lipinski definition) is 2. The van der Waals surface area contributed by atoms with Gasteiger partial charge in [0, 0.05) is 12.6 Å². The predicted molar refractivity (Wildman–Crippen MR) is 80.0 cm³/mol. The van der Waals surface area contributed by atoms with Crippen molar-refractivity contribution >= 4 is 6.03 Å². The minimum atomic E-state index is -0.0448. The Labute approximate surface area is 120 Å². The van der Waals surface area contributed by atoms with Crippen LogP contribution in [-0.4, -0.2) is 25.2 Å². The molecule has 4 nitrogen and oxygen atoms in total. The highest BCUT2D eigenvalue weighted by Gasteiger charge is 2.14. The summed E-state index contributed by atoms with van der Waals surface area (Å²) in [5.41, 5.74) is 0. The molecule has 0 saturated heterocycles. The third-order valence-electron chi connectivity index (χ3n) is 3.56. The number of para-hydroxylation sites is 1. The number of amides is 2. The monoisotopic (exact) mass is 276 g/mol. The molecule has 20 heavy (non-hydrogen) atoms. The van der Waals surface area contributed by atoms with Gasteiger partial charge in [0.15, 0.2) is 0 Å². The summed E-state index contributed by atoms with van der Waals surface area (Å²) in [6, 6.07) is 10.0. The smallest absolute Gasteiger partial charge is 0.315 e. The fourth-order valence-electron chi connectivity index (χ4n) is 2.46. The van der Waals surface area contributed by atoms with Crippen molar-refractivity contribution in [1.29, 1.82) is 0 Å². The van der Waals surface area contributed by atoms with E-state index in [1.807, 2.05) is 30.3 Å². The molecule has 2 rings (SSSR count). The maximum atomic E-state index is 11.7. The van der Waals surface area contributed by atoms with Crippen LogP contribution in [0.4, 0.5) is 4.79 Å². The molecule has 1 aromatic rings. The van der Waals surface area contributed by atoms with Crippen LogP contribution in [-0.2, 0) is 0 Å². The topological polar surface area (TPSA) is 50.4 Å². The average Bonchev–Trinajstić information content (AvgIpc) is 2.49. The van der Waals surface area contributed by atoms with E-state index < -0.39 is 0 Å². The largest absolute Gasteiger partial charge is 0.494 e. The molecular formula is C16H24N2O2. The third kappa shape index (κ3) is 5.51. The average molecular weight is 276 g/mol. The molecular weight excluding hydrogens is 252 g/mol. The van der Waals surface area contributed by atoms with Crippen molar-refractivity contribution in [1.82, 2.24) is 10.6 Å². The molecule has 0 aromatic heterocycles. The molecule has 0 radical (unpaired) electrons. The molecule has 4 heteroatoms. The van der Waals surface area contributed by atoms with Crippen LogP contribution in [0.25, 0.3) is 0 Å². The Morgan fingerprint density at radius 2 is 1.90 bits per heavy atom. The fourth-order valence-corrected chi connectivity index (χ4v) is 2.46. The van der Waals surface area contributed by atoms with E-state index in [2.05, 4.69) is 10.6 Å². The lowest BCUT2D eigenvalue weighted by Crippen LogP contribution is -2.43. The first kappa shape index (κ1) is 14.7. The Hall–Kier alpha value is -1.71. The number of hydrogen-bond acceptors (Lipinski definition) is 2. The highest BCUT2D eigenvalue weighted by Crippen LogP contribution is 2.17. The van der Waals surface area contributed by atoms with Crippen LogP contribution in [0.2, 0.25) is 0 Å². The van der Waals surface area contributed by atoms with Crippen LogP contribution in [0.15, 0.2) is 30.3 Å². The zero-order valence-electron chi connectivity index (χ0n) is 11.9. The lowest BCUT2D eigenvalue weighted by Gasteiger charge is -2.22. The normalized spacial score (nSPS) is 15.6. The van der Waals surface area contributed by atoms with Gasteiger partial charge < -0.3 is 15.4 Å². The van der Waals surface area contributed by atoms with Gasteiger partial charge >= 0.3 is 6.03 Å². The Morgan fingerprint density at radius 1 is 1.15 bits per heavy atom. The molecule has 0 heterocycles. The third-order valence-corrected chi connectivity index (χ3v) is 3.56. The van der Waals surface area contributed by atoms with Crippen molar-refractivity contribution in [2.45, 2.75) is 44.6 Å². The van der Waals surface area contributed by atoms with E-state index in [1.54, 1.807) is 0 Å². The van der Waals surface area contributed by atoms with Gasteiger partial charge in [-0.05, 0) is 31.4 Å². The molecule has 2 N–H and O–H groups in total. The van der Waals surface area contributed by atoms with Crippen LogP contribution >= 0.6 is 0 Å². The van der Waals surface area contributed by atoms with Crippen molar-refractivity contribution in [2.75, 3.05) is 13.2 Å². The van der Waals surface area contributed by atoms with Gasteiger partial charge in [-0.1, -0.05) is 37.5 Å². The van der Waals surface area contributed by atoms with E-state index >= 15 is 0 Å². The molecule has 2 amide bonds. The van der Waals surface area contributed by atoms with Crippen molar-refractivity contribution in [3.8, 4) is 5.75 Å². The molecule has 0 atom stereocenters. The predicted octanol–water partition coefficient (Wildman–Crippen LogP) is 3.09. The van der Waals surface area contributed by atoms with Gasteiger partial charge in [-0.15, -0.1) is 0 Å². The fraction of sp³-hybridized carbons (Fsp3) is 0.562. The quantitative estimate of drug-likeness (QED) is 0.784. The first-order chi connectivity index (χ1) is 9.84. The number of carbonyl (C=O) groups is 1. The van der Waals surface area contributed by atoms with Gasteiger partial charge in [-0.2, -0.15) is 0 Å². The Bertz CT molecular complexity index is 389. The van der Waals surface area contributed by atoms with Gasteiger partial charge in [0.1, 0.15) is 5.75 Å². The van der Waals surface area contributed by atoms with Crippen molar-refractivity contribution in [2.24, 2.45) is 0 Å². The van der Waals surface area contributed by atoms with Crippen molar-refractivity contribution < 1.29 is 9.53 Å². The highest BCUT2D eigenvalue weighted by molar-refractivity contribution is 5.74. The molecule has 0 spiro atoms. The summed E-state index contributed by atoms with van der Waals surface area (Å²) in [6.45, 7) is 1.26. The summed E-state index contributed by atoms with van der Waals surface area (Å²) in [6.07, 6.45) is 6.81. The number of urea groups is 1. The molecule has 0 unspecified atom stereocenters. The van der Waals surface area contributed by atoms with Gasteiger partial charge in [0.2, 0.25) is 0 Å². The SMILES string of the molecule is O=C(NCCCOc1ccccc1)NC1CCCCC1. The lowest BCUT2D eigenvalue weighted by atomic mass is 9.96. The first-order valence-electron chi connectivity index (χ1n) is 7.57. The number of nitrogens with one attached hydrogen (secondary N) is 2. The highest BCUT2D eigenvalue weighted by atomic mass is 16.5. The van der Waals surface area contributed by atoms with Crippen LogP contribution in [0.5, 0.6) is 5.75 Å². The van der Waals surface area contributed by atoms with Gasteiger partial charge in [0.25, 0.3) is 0 Å². The van der Waals surface area contributed by atoms with Crippen molar-refractivity contribution in [3.05, 3.63) is 30.3 Å².